The molecule has 1 saturated heterocycles. The highest BCUT2D eigenvalue weighted by atomic mass is 33.1. The number of carbonyl (C=O) groups is 4. The molecule has 4 atom stereocenters. The number of nitrogens with one attached hydrogen (secondary N) is 4. The average Bonchev–Trinajstić information content (AvgIpc) is 2.80. The third-order valence-electron chi connectivity index (χ3n) is 5.68. The van der Waals surface area contributed by atoms with Gasteiger partial charge in [0.15, 0.2) is 0 Å². The molecule has 0 radical (unpaired) electrons. The molecule has 35 heavy (non-hydrogen) atoms. The third-order valence-corrected chi connectivity index (χ3v) is 8.12. The van der Waals surface area contributed by atoms with Crippen molar-refractivity contribution in [2.45, 2.75) is 71.7 Å². The van der Waals surface area contributed by atoms with Crippen molar-refractivity contribution in [2.24, 2.45) is 11.8 Å². The van der Waals surface area contributed by atoms with Gasteiger partial charge in [-0.15, -0.1) is 0 Å². The van der Waals surface area contributed by atoms with Gasteiger partial charge in [-0.25, -0.2) is 4.79 Å². The molecule has 0 spiro atoms. The molecule has 11 heteroatoms. The lowest BCUT2D eigenvalue weighted by molar-refractivity contribution is -0.152. The van der Waals surface area contributed by atoms with Crippen LogP contribution in [0.15, 0.2) is 23.9 Å². The van der Waals surface area contributed by atoms with Crippen LogP contribution >= 0.6 is 21.6 Å². The van der Waals surface area contributed by atoms with E-state index in [9.17, 15) is 19.2 Å². The highest BCUT2D eigenvalue weighted by Gasteiger charge is 2.32. The second kappa shape index (κ2) is 14.5. The highest BCUT2D eigenvalue weighted by molar-refractivity contribution is 8.76. The normalized spacial score (nSPS) is 29.4. The summed E-state index contributed by atoms with van der Waals surface area (Å²) in [6.07, 6.45) is 6.05. The third kappa shape index (κ3) is 9.20. The van der Waals surface area contributed by atoms with Gasteiger partial charge in [0.1, 0.15) is 23.9 Å². The maximum Gasteiger partial charge on any atom is 0.329 e. The van der Waals surface area contributed by atoms with Gasteiger partial charge in [-0.05, 0) is 37.8 Å². The fourth-order valence-electron chi connectivity index (χ4n) is 3.61. The Kier molecular flexibility index (Phi) is 12.2. The topological polar surface area (TPSA) is 126 Å². The van der Waals surface area contributed by atoms with E-state index in [-0.39, 0.29) is 23.4 Å². The number of fused-ring (bicyclic) bond motifs is 7. The molecule has 2 aliphatic rings. The number of esters is 1. The van der Waals surface area contributed by atoms with Crippen molar-refractivity contribution in [3.05, 3.63) is 23.9 Å². The van der Waals surface area contributed by atoms with Crippen LogP contribution in [-0.2, 0) is 23.9 Å². The van der Waals surface area contributed by atoms with E-state index in [0.717, 1.165) is 12.2 Å². The molecule has 0 saturated carbocycles. The van der Waals surface area contributed by atoms with Gasteiger partial charge in [0.2, 0.25) is 11.8 Å². The van der Waals surface area contributed by atoms with Crippen LogP contribution in [0, 0.1) is 11.8 Å². The zero-order valence-electron chi connectivity index (χ0n) is 21.1. The van der Waals surface area contributed by atoms with Crippen molar-refractivity contribution in [1.29, 1.82) is 0 Å². The number of carbonyl (C=O) groups excluding carboxylic acids is 4. The van der Waals surface area contributed by atoms with Crippen molar-refractivity contribution in [3.8, 4) is 0 Å². The van der Waals surface area contributed by atoms with Crippen LogP contribution in [0.2, 0.25) is 0 Å². The fourth-order valence-corrected chi connectivity index (χ4v) is 5.77. The Morgan fingerprint density at radius 3 is 2.37 bits per heavy atom. The molecular weight excluding hydrogens is 488 g/mol. The van der Waals surface area contributed by atoms with Gasteiger partial charge in [-0.2, -0.15) is 0 Å². The van der Waals surface area contributed by atoms with E-state index in [2.05, 4.69) is 21.3 Å². The summed E-state index contributed by atoms with van der Waals surface area (Å²) in [7, 11) is 3.08. The van der Waals surface area contributed by atoms with Crippen molar-refractivity contribution >= 4 is 45.3 Å². The molecule has 2 rings (SSSR count). The van der Waals surface area contributed by atoms with Crippen LogP contribution in [0.1, 0.15) is 47.5 Å². The minimum atomic E-state index is -0.883. The number of ether oxygens (including phenoxy) is 1. The second-order valence-electron chi connectivity index (χ2n) is 9.21. The van der Waals surface area contributed by atoms with E-state index in [0.29, 0.717) is 18.7 Å². The molecule has 3 amide bonds. The first-order valence-corrected chi connectivity index (χ1v) is 14.6. The lowest BCUT2D eigenvalue weighted by Gasteiger charge is -2.28. The first-order chi connectivity index (χ1) is 16.6. The minimum Gasteiger partial charge on any atom is -0.457 e. The standard InChI is InChI=1S/C24H38N4O5S2/c1-6-17-21(29)28-20(15(4)5)24(32)33-16-9-7-8-12-34-35-13-18(22(30)26-17)27-23(31)19(14(2)3)25-11-10-16/h6-7,9,14-16,18-20,25H,8,10-13H2,1-5H3,(H,26,30)(H,27,31)(H,28,29). The maximum absolute atomic E-state index is 13.2. The van der Waals surface area contributed by atoms with Gasteiger partial charge >= 0.3 is 5.97 Å². The van der Waals surface area contributed by atoms with Crippen LogP contribution in [0.5, 0.6) is 0 Å². The fraction of sp³-hybridized carbons (Fsp3) is 0.667. The van der Waals surface area contributed by atoms with Crippen LogP contribution in [0.4, 0.5) is 0 Å². The molecule has 0 aromatic carbocycles. The monoisotopic (exact) mass is 526 g/mol. The quantitative estimate of drug-likeness (QED) is 0.186. The van der Waals surface area contributed by atoms with E-state index in [4.69, 9.17) is 4.74 Å². The number of hydrogen-bond acceptors (Lipinski definition) is 8. The Morgan fingerprint density at radius 2 is 1.71 bits per heavy atom. The van der Waals surface area contributed by atoms with Gasteiger partial charge in [0.25, 0.3) is 5.91 Å². The van der Waals surface area contributed by atoms with Gasteiger partial charge in [-0.1, -0.05) is 61.4 Å². The van der Waals surface area contributed by atoms with Crippen molar-refractivity contribution in [3.63, 3.8) is 0 Å². The maximum atomic E-state index is 13.2. The Labute approximate surface area is 215 Å². The van der Waals surface area contributed by atoms with Gasteiger partial charge < -0.3 is 26.0 Å². The zero-order valence-corrected chi connectivity index (χ0v) is 22.7. The van der Waals surface area contributed by atoms with Crippen LogP contribution in [-0.4, -0.2) is 66.0 Å². The van der Waals surface area contributed by atoms with E-state index in [1.807, 2.05) is 39.8 Å². The largest absolute Gasteiger partial charge is 0.457 e. The van der Waals surface area contributed by atoms with E-state index in [1.54, 1.807) is 17.7 Å². The highest BCUT2D eigenvalue weighted by Crippen LogP contribution is 2.24. The molecule has 0 aromatic heterocycles. The Bertz CT molecular complexity index is 831. The van der Waals surface area contributed by atoms with Crippen LogP contribution in [0.25, 0.3) is 0 Å². The van der Waals surface area contributed by atoms with E-state index >= 15 is 0 Å². The molecule has 2 heterocycles. The summed E-state index contributed by atoms with van der Waals surface area (Å²) in [4.78, 5) is 52.3. The summed E-state index contributed by atoms with van der Waals surface area (Å²) in [6, 6.07) is -2.25. The Balaban J connectivity index is 2.49. The predicted octanol–water partition coefficient (Wildman–Crippen LogP) is 1.90. The second-order valence-corrected chi connectivity index (χ2v) is 11.8. The number of allylic oxidation sites excluding steroid dienone is 2. The number of rotatable bonds is 2. The molecule has 2 bridgehead atoms. The summed E-state index contributed by atoms with van der Waals surface area (Å²) in [5.74, 6) is -1.03. The first-order valence-electron chi connectivity index (χ1n) is 12.1. The molecule has 196 valence electrons. The predicted molar refractivity (Wildman–Crippen MR) is 140 cm³/mol. The summed E-state index contributed by atoms with van der Waals surface area (Å²) >= 11 is 0. The van der Waals surface area contributed by atoms with Crippen molar-refractivity contribution in [1.82, 2.24) is 21.3 Å². The van der Waals surface area contributed by atoms with Gasteiger partial charge in [0, 0.05) is 17.9 Å². The SMILES string of the molecule is CC=C1NC(=O)C2CSSCCC=CC(CCNC(C(C)C)C(=O)N2)OC(=O)C(C(C)C)NC1=O. The van der Waals surface area contributed by atoms with Gasteiger partial charge in [-0.3, -0.25) is 14.4 Å². The molecule has 0 aromatic rings. The summed E-state index contributed by atoms with van der Waals surface area (Å²) in [5, 5.41) is 11.5. The molecular formula is C24H38N4O5S2. The summed E-state index contributed by atoms with van der Waals surface area (Å²) in [6.45, 7) is 9.55. The minimum absolute atomic E-state index is 0.0109. The lowest BCUT2D eigenvalue weighted by atomic mass is 10.0. The smallest absolute Gasteiger partial charge is 0.329 e. The molecule has 2 aliphatic heterocycles. The molecule has 4 N–H and O–H groups in total. The zero-order chi connectivity index (χ0) is 26.0. The average molecular weight is 527 g/mol. The van der Waals surface area contributed by atoms with E-state index < -0.39 is 42.0 Å². The van der Waals surface area contributed by atoms with E-state index in [1.165, 1.54) is 16.9 Å². The molecule has 9 nitrogen and oxygen atoms in total. The van der Waals surface area contributed by atoms with Crippen LogP contribution < -0.4 is 21.3 Å². The molecule has 0 aliphatic carbocycles. The summed E-state index contributed by atoms with van der Waals surface area (Å²) in [5.41, 5.74) is 0.0109. The van der Waals surface area contributed by atoms with Crippen LogP contribution in [0.3, 0.4) is 0 Å². The molecule has 4 unspecified atom stereocenters. The first kappa shape index (κ1) is 29.3. The number of hydrogen-bond donors (Lipinski definition) is 4. The lowest BCUT2D eigenvalue weighted by Crippen LogP contribution is -2.56. The number of amides is 3. The Hall–Kier alpha value is -1.98. The Morgan fingerprint density at radius 1 is 1.00 bits per heavy atom. The van der Waals surface area contributed by atoms with Gasteiger partial charge in [0.05, 0.1) is 6.04 Å². The molecule has 1 fully saturated rings. The van der Waals surface area contributed by atoms with Crippen molar-refractivity contribution in [2.75, 3.05) is 18.1 Å². The summed E-state index contributed by atoms with van der Waals surface area (Å²) < 4.78 is 5.80. The van der Waals surface area contributed by atoms with Crippen molar-refractivity contribution < 1.29 is 23.9 Å².